The molecule has 2 rings (SSSR count). The summed E-state index contributed by atoms with van der Waals surface area (Å²) in [7, 11) is 0. The highest BCUT2D eigenvalue weighted by Crippen LogP contribution is 2.14. The van der Waals surface area contributed by atoms with Gasteiger partial charge < -0.3 is 10.1 Å². The lowest BCUT2D eigenvalue weighted by atomic mass is 10.1. The van der Waals surface area contributed by atoms with Gasteiger partial charge in [0, 0.05) is 11.6 Å². The van der Waals surface area contributed by atoms with Crippen molar-refractivity contribution in [2.45, 2.75) is 6.61 Å². The number of nitriles is 1. The third-order valence-corrected chi connectivity index (χ3v) is 2.72. The van der Waals surface area contributed by atoms with Crippen molar-refractivity contribution in [1.29, 1.82) is 5.26 Å². The molecule has 2 aromatic carbocycles. The van der Waals surface area contributed by atoms with Crippen LogP contribution in [0, 0.1) is 17.1 Å². The van der Waals surface area contributed by atoms with Crippen molar-refractivity contribution in [1.82, 2.24) is 5.32 Å². The van der Waals surface area contributed by atoms with Gasteiger partial charge >= 0.3 is 0 Å². The maximum Gasteiger partial charge on any atom is 0.252 e. The van der Waals surface area contributed by atoms with Crippen LogP contribution >= 0.6 is 0 Å². The molecule has 1 amide bonds. The van der Waals surface area contributed by atoms with Crippen molar-refractivity contribution in [2.24, 2.45) is 0 Å². The van der Waals surface area contributed by atoms with Gasteiger partial charge in [0.25, 0.3) is 5.91 Å². The fourth-order valence-corrected chi connectivity index (χ4v) is 1.75. The highest BCUT2D eigenvalue weighted by atomic mass is 19.1. The van der Waals surface area contributed by atoms with Gasteiger partial charge in [-0.2, -0.15) is 5.26 Å². The van der Waals surface area contributed by atoms with Gasteiger partial charge in [0.1, 0.15) is 24.7 Å². The molecule has 0 radical (unpaired) electrons. The maximum atomic E-state index is 13.0. The molecule has 0 bridgehead atoms. The fraction of sp³-hybridized carbons (Fsp3) is 0.125. The Balaban J connectivity index is 2.01. The molecule has 1 N–H and O–H groups in total. The van der Waals surface area contributed by atoms with Crippen LogP contribution in [0.2, 0.25) is 0 Å². The second kappa shape index (κ2) is 7.06. The zero-order valence-electron chi connectivity index (χ0n) is 11.2. The molecule has 0 aromatic heterocycles. The Bertz CT molecular complexity index is 680. The van der Waals surface area contributed by atoms with Gasteiger partial charge in [-0.25, -0.2) is 4.39 Å². The first-order chi connectivity index (χ1) is 10.2. The Morgan fingerprint density at radius 3 is 2.81 bits per heavy atom. The Morgan fingerprint density at radius 2 is 2.05 bits per heavy atom. The van der Waals surface area contributed by atoms with Crippen LogP contribution in [-0.4, -0.2) is 12.5 Å². The highest BCUT2D eigenvalue weighted by Gasteiger charge is 2.06. The molecule has 0 saturated heterocycles. The summed E-state index contributed by atoms with van der Waals surface area (Å²) in [5.74, 6) is -0.254. The standard InChI is InChI=1S/C16H13FN2O2/c17-14-5-2-6-15(10-14)21-11-12-3-1-4-13(9-12)16(20)19-8-7-18/h1-6,9-10H,8,11H2,(H,19,20). The van der Waals surface area contributed by atoms with Gasteiger partial charge in [-0.15, -0.1) is 0 Å². The Morgan fingerprint density at radius 1 is 1.24 bits per heavy atom. The molecule has 106 valence electrons. The minimum Gasteiger partial charge on any atom is -0.489 e. The molecule has 4 nitrogen and oxygen atoms in total. The number of hydrogen-bond donors (Lipinski definition) is 1. The fourth-order valence-electron chi connectivity index (χ4n) is 1.75. The third kappa shape index (κ3) is 4.32. The molecule has 0 saturated carbocycles. The third-order valence-electron chi connectivity index (χ3n) is 2.72. The molecule has 0 aliphatic rings. The van der Waals surface area contributed by atoms with Crippen molar-refractivity contribution in [3.63, 3.8) is 0 Å². The number of ether oxygens (including phenoxy) is 1. The summed E-state index contributed by atoms with van der Waals surface area (Å²) in [6, 6.07) is 14.6. The average molecular weight is 284 g/mol. The van der Waals surface area contributed by atoms with E-state index in [9.17, 15) is 9.18 Å². The van der Waals surface area contributed by atoms with E-state index in [1.54, 1.807) is 36.4 Å². The number of carbonyl (C=O) groups excluding carboxylic acids is 1. The van der Waals surface area contributed by atoms with Crippen LogP contribution in [0.4, 0.5) is 4.39 Å². The Kier molecular flexibility index (Phi) is 4.89. The van der Waals surface area contributed by atoms with E-state index in [1.165, 1.54) is 12.1 Å². The zero-order valence-corrected chi connectivity index (χ0v) is 11.2. The number of halogens is 1. The minimum atomic E-state index is -0.364. The molecule has 0 atom stereocenters. The number of rotatable bonds is 5. The van der Waals surface area contributed by atoms with Crippen LogP contribution < -0.4 is 10.1 Å². The highest BCUT2D eigenvalue weighted by molar-refractivity contribution is 5.94. The van der Waals surface area contributed by atoms with Crippen LogP contribution in [-0.2, 0) is 6.61 Å². The molecule has 2 aromatic rings. The SMILES string of the molecule is N#CCNC(=O)c1cccc(COc2cccc(F)c2)c1. The number of nitrogens with one attached hydrogen (secondary N) is 1. The van der Waals surface area contributed by atoms with E-state index in [1.807, 2.05) is 6.07 Å². The topological polar surface area (TPSA) is 62.1 Å². The summed E-state index contributed by atoms with van der Waals surface area (Å²) >= 11 is 0. The second-order valence-corrected chi connectivity index (χ2v) is 4.29. The van der Waals surface area contributed by atoms with Crippen LogP contribution in [0.25, 0.3) is 0 Å². The number of carbonyl (C=O) groups is 1. The number of benzene rings is 2. The van der Waals surface area contributed by atoms with E-state index in [0.29, 0.717) is 11.3 Å². The van der Waals surface area contributed by atoms with Crippen molar-refractivity contribution < 1.29 is 13.9 Å². The van der Waals surface area contributed by atoms with Crippen LogP contribution in [0.1, 0.15) is 15.9 Å². The first-order valence-electron chi connectivity index (χ1n) is 6.31. The predicted octanol–water partition coefficient (Wildman–Crippen LogP) is 2.66. The molecule has 0 fully saturated rings. The quantitative estimate of drug-likeness (QED) is 0.859. The zero-order chi connectivity index (χ0) is 15.1. The monoisotopic (exact) mass is 284 g/mol. The number of hydrogen-bond acceptors (Lipinski definition) is 3. The van der Waals surface area contributed by atoms with Crippen molar-refractivity contribution in [3.8, 4) is 11.8 Å². The maximum absolute atomic E-state index is 13.0. The van der Waals surface area contributed by atoms with Crippen molar-refractivity contribution in [3.05, 3.63) is 65.5 Å². The molecule has 0 aliphatic carbocycles. The summed E-state index contributed by atoms with van der Waals surface area (Å²) in [6.07, 6.45) is 0. The summed E-state index contributed by atoms with van der Waals surface area (Å²) in [5.41, 5.74) is 1.23. The molecule has 0 aliphatic heterocycles. The van der Waals surface area contributed by atoms with Crippen LogP contribution in [0.5, 0.6) is 5.75 Å². The van der Waals surface area contributed by atoms with E-state index < -0.39 is 0 Å². The van der Waals surface area contributed by atoms with Crippen LogP contribution in [0.3, 0.4) is 0 Å². The summed E-state index contributed by atoms with van der Waals surface area (Å²) in [5, 5.41) is 10.9. The second-order valence-electron chi connectivity index (χ2n) is 4.29. The van der Waals surface area contributed by atoms with Gasteiger partial charge in [-0.1, -0.05) is 18.2 Å². The molecule has 5 heteroatoms. The van der Waals surface area contributed by atoms with E-state index >= 15 is 0 Å². The van der Waals surface area contributed by atoms with E-state index in [-0.39, 0.29) is 24.9 Å². The van der Waals surface area contributed by atoms with E-state index in [0.717, 1.165) is 5.56 Å². The molecule has 0 spiro atoms. The Labute approximate surface area is 121 Å². The molecule has 0 unspecified atom stereocenters. The summed E-state index contributed by atoms with van der Waals surface area (Å²) in [6.45, 7) is 0.186. The lowest BCUT2D eigenvalue weighted by molar-refractivity contribution is 0.0958. The average Bonchev–Trinajstić information content (AvgIpc) is 2.51. The molecule has 21 heavy (non-hydrogen) atoms. The van der Waals surface area contributed by atoms with Gasteiger partial charge in [-0.05, 0) is 29.8 Å². The van der Waals surface area contributed by atoms with Gasteiger partial charge in [0.2, 0.25) is 0 Å². The normalized spacial score (nSPS) is 9.71. The lowest BCUT2D eigenvalue weighted by Crippen LogP contribution is -2.23. The lowest BCUT2D eigenvalue weighted by Gasteiger charge is -2.08. The smallest absolute Gasteiger partial charge is 0.252 e. The summed E-state index contributed by atoms with van der Waals surface area (Å²) in [4.78, 5) is 11.7. The van der Waals surface area contributed by atoms with Gasteiger partial charge in [-0.3, -0.25) is 4.79 Å². The van der Waals surface area contributed by atoms with E-state index in [4.69, 9.17) is 10.00 Å². The van der Waals surface area contributed by atoms with Crippen molar-refractivity contribution in [2.75, 3.05) is 6.54 Å². The number of amides is 1. The predicted molar refractivity (Wildman–Crippen MR) is 75.1 cm³/mol. The van der Waals surface area contributed by atoms with Gasteiger partial charge in [0.05, 0.1) is 6.07 Å². The molecular weight excluding hydrogens is 271 g/mol. The van der Waals surface area contributed by atoms with E-state index in [2.05, 4.69) is 5.32 Å². The summed E-state index contributed by atoms with van der Waals surface area (Å²) < 4.78 is 18.5. The van der Waals surface area contributed by atoms with Crippen LogP contribution in [0.15, 0.2) is 48.5 Å². The minimum absolute atomic E-state index is 0.0388. The van der Waals surface area contributed by atoms with Crippen molar-refractivity contribution >= 4 is 5.91 Å². The first kappa shape index (κ1) is 14.5. The number of nitrogens with zero attached hydrogens (tertiary/aromatic N) is 1. The Hall–Kier alpha value is -2.87. The van der Waals surface area contributed by atoms with Gasteiger partial charge in [0.15, 0.2) is 0 Å². The first-order valence-corrected chi connectivity index (χ1v) is 6.31. The molecule has 0 heterocycles. The largest absolute Gasteiger partial charge is 0.489 e. The molecular formula is C16H13FN2O2.